The molecule has 0 atom stereocenters. The van der Waals surface area contributed by atoms with E-state index in [-0.39, 0.29) is 30.6 Å². The summed E-state index contributed by atoms with van der Waals surface area (Å²) >= 11 is 0. The highest BCUT2D eigenvalue weighted by Crippen LogP contribution is 2.32. The smallest absolute Gasteiger partial charge is 0.223 e. The second-order valence-corrected chi connectivity index (χ2v) is 5.86. The minimum absolute atomic E-state index is 0.112. The summed E-state index contributed by atoms with van der Waals surface area (Å²) in [6.07, 6.45) is 0.112. The van der Waals surface area contributed by atoms with E-state index in [1.165, 1.54) is 38.2 Å². The molecule has 0 radical (unpaired) electrons. The van der Waals surface area contributed by atoms with Crippen molar-refractivity contribution in [3.05, 3.63) is 53.8 Å². The largest absolute Gasteiger partial charge is 0.497 e. The SMILES string of the molecule is COc1ccc(OC)c(N(CCC(=O)NCc2ccc(F)cc2)C(C)=O)c1. The van der Waals surface area contributed by atoms with Gasteiger partial charge in [-0.3, -0.25) is 9.59 Å². The van der Waals surface area contributed by atoms with Crippen LogP contribution in [0.3, 0.4) is 0 Å². The molecule has 0 heterocycles. The van der Waals surface area contributed by atoms with Crippen LogP contribution in [0.2, 0.25) is 0 Å². The van der Waals surface area contributed by atoms with E-state index in [1.807, 2.05) is 0 Å². The molecule has 0 aliphatic heterocycles. The molecule has 6 nitrogen and oxygen atoms in total. The summed E-state index contributed by atoms with van der Waals surface area (Å²) in [7, 11) is 3.05. The molecule has 0 bridgehead atoms. The first-order chi connectivity index (χ1) is 12.9. The molecular weight excluding hydrogens is 351 g/mol. The van der Waals surface area contributed by atoms with Crippen molar-refractivity contribution in [1.82, 2.24) is 5.32 Å². The maximum absolute atomic E-state index is 12.9. The van der Waals surface area contributed by atoms with Gasteiger partial charge in [0.2, 0.25) is 11.8 Å². The van der Waals surface area contributed by atoms with Gasteiger partial charge in [0.25, 0.3) is 0 Å². The van der Waals surface area contributed by atoms with Gasteiger partial charge in [-0.2, -0.15) is 0 Å². The average molecular weight is 374 g/mol. The minimum atomic E-state index is -0.325. The van der Waals surface area contributed by atoms with Crippen LogP contribution >= 0.6 is 0 Å². The molecule has 2 rings (SSSR count). The lowest BCUT2D eigenvalue weighted by Gasteiger charge is -2.23. The number of carbonyl (C=O) groups excluding carboxylic acids is 2. The number of nitrogens with zero attached hydrogens (tertiary/aromatic N) is 1. The van der Waals surface area contributed by atoms with Gasteiger partial charge in [0.15, 0.2) is 0 Å². The quantitative estimate of drug-likeness (QED) is 0.772. The number of hydrogen-bond acceptors (Lipinski definition) is 4. The number of carbonyl (C=O) groups is 2. The maximum Gasteiger partial charge on any atom is 0.223 e. The van der Waals surface area contributed by atoms with E-state index in [2.05, 4.69) is 5.32 Å². The zero-order valence-electron chi connectivity index (χ0n) is 15.6. The normalized spacial score (nSPS) is 10.2. The Hall–Kier alpha value is -3.09. The fraction of sp³-hybridized carbons (Fsp3) is 0.300. The van der Waals surface area contributed by atoms with Crippen LogP contribution in [0.15, 0.2) is 42.5 Å². The van der Waals surface area contributed by atoms with E-state index in [0.717, 1.165) is 5.56 Å². The molecule has 7 heteroatoms. The third kappa shape index (κ3) is 5.70. The fourth-order valence-corrected chi connectivity index (χ4v) is 2.56. The topological polar surface area (TPSA) is 67.9 Å². The predicted octanol–water partition coefficient (Wildman–Crippen LogP) is 2.90. The maximum atomic E-state index is 12.9. The number of nitrogens with one attached hydrogen (secondary N) is 1. The summed E-state index contributed by atoms with van der Waals surface area (Å²) in [4.78, 5) is 25.7. The summed E-state index contributed by atoms with van der Waals surface area (Å²) < 4.78 is 23.4. The summed E-state index contributed by atoms with van der Waals surface area (Å²) in [5.41, 5.74) is 1.33. The number of hydrogen-bond donors (Lipinski definition) is 1. The third-order valence-corrected chi connectivity index (χ3v) is 4.02. The Morgan fingerprint density at radius 3 is 2.37 bits per heavy atom. The molecule has 144 valence electrons. The monoisotopic (exact) mass is 374 g/mol. The van der Waals surface area contributed by atoms with E-state index in [0.29, 0.717) is 23.7 Å². The molecule has 1 N–H and O–H groups in total. The van der Waals surface area contributed by atoms with Gasteiger partial charge in [-0.15, -0.1) is 0 Å². The van der Waals surface area contributed by atoms with Crippen molar-refractivity contribution in [2.24, 2.45) is 0 Å². The molecule has 0 aliphatic rings. The fourth-order valence-electron chi connectivity index (χ4n) is 2.56. The minimum Gasteiger partial charge on any atom is -0.497 e. The number of ether oxygens (including phenoxy) is 2. The van der Waals surface area contributed by atoms with Crippen molar-refractivity contribution < 1.29 is 23.5 Å². The van der Waals surface area contributed by atoms with Crippen molar-refractivity contribution in [2.45, 2.75) is 19.9 Å². The summed E-state index contributed by atoms with van der Waals surface area (Å²) in [6.45, 7) is 1.91. The van der Waals surface area contributed by atoms with Crippen LogP contribution in [0.25, 0.3) is 0 Å². The van der Waals surface area contributed by atoms with E-state index < -0.39 is 0 Å². The lowest BCUT2D eigenvalue weighted by atomic mass is 10.2. The number of rotatable bonds is 8. The van der Waals surface area contributed by atoms with Gasteiger partial charge in [0, 0.05) is 32.5 Å². The molecule has 2 aromatic carbocycles. The highest BCUT2D eigenvalue weighted by molar-refractivity contribution is 5.94. The zero-order chi connectivity index (χ0) is 19.8. The first-order valence-electron chi connectivity index (χ1n) is 8.46. The number of methoxy groups -OCH3 is 2. The van der Waals surface area contributed by atoms with Crippen molar-refractivity contribution in [1.29, 1.82) is 0 Å². The molecule has 0 spiro atoms. The molecule has 0 unspecified atom stereocenters. The average Bonchev–Trinajstić information content (AvgIpc) is 2.67. The van der Waals surface area contributed by atoms with Crippen LogP contribution in [0.1, 0.15) is 18.9 Å². The van der Waals surface area contributed by atoms with E-state index in [4.69, 9.17) is 9.47 Å². The molecule has 2 amide bonds. The van der Waals surface area contributed by atoms with Crippen LogP contribution in [0.4, 0.5) is 10.1 Å². The molecule has 0 fully saturated rings. The van der Waals surface area contributed by atoms with Crippen LogP contribution in [-0.4, -0.2) is 32.6 Å². The molecule has 2 aromatic rings. The Morgan fingerprint density at radius 1 is 1.07 bits per heavy atom. The van der Waals surface area contributed by atoms with Crippen LogP contribution in [-0.2, 0) is 16.1 Å². The standard InChI is InChI=1S/C20H23FN2O4/c1-14(24)23(18-12-17(26-2)8-9-19(18)27-3)11-10-20(25)22-13-15-4-6-16(21)7-5-15/h4-9,12H,10-11,13H2,1-3H3,(H,22,25). The number of benzene rings is 2. The Kier molecular flexibility index (Phi) is 7.16. The van der Waals surface area contributed by atoms with Crippen LogP contribution in [0, 0.1) is 5.82 Å². The molecule has 0 saturated carbocycles. The molecule has 0 aliphatic carbocycles. The Bertz CT molecular complexity index is 793. The predicted molar refractivity (Wildman–Crippen MR) is 100 cm³/mol. The van der Waals surface area contributed by atoms with Gasteiger partial charge in [-0.25, -0.2) is 4.39 Å². The zero-order valence-corrected chi connectivity index (χ0v) is 15.6. The lowest BCUT2D eigenvalue weighted by Crippen LogP contribution is -2.34. The second-order valence-electron chi connectivity index (χ2n) is 5.86. The number of anilines is 1. The van der Waals surface area contributed by atoms with E-state index in [9.17, 15) is 14.0 Å². The highest BCUT2D eigenvalue weighted by Gasteiger charge is 2.18. The lowest BCUT2D eigenvalue weighted by molar-refractivity contribution is -0.121. The number of halogens is 1. The van der Waals surface area contributed by atoms with Gasteiger partial charge in [0.05, 0.1) is 19.9 Å². The van der Waals surface area contributed by atoms with Gasteiger partial charge in [0.1, 0.15) is 17.3 Å². The molecule has 27 heavy (non-hydrogen) atoms. The van der Waals surface area contributed by atoms with E-state index in [1.54, 1.807) is 30.3 Å². The van der Waals surface area contributed by atoms with E-state index >= 15 is 0 Å². The summed E-state index contributed by atoms with van der Waals surface area (Å²) in [5.74, 6) is 0.338. The van der Waals surface area contributed by atoms with Gasteiger partial charge >= 0.3 is 0 Å². The van der Waals surface area contributed by atoms with Gasteiger partial charge in [-0.05, 0) is 29.8 Å². The third-order valence-electron chi connectivity index (χ3n) is 4.02. The Balaban J connectivity index is 2.01. The second kappa shape index (κ2) is 9.56. The van der Waals surface area contributed by atoms with Gasteiger partial charge < -0.3 is 19.7 Å². The Labute approximate surface area is 157 Å². The highest BCUT2D eigenvalue weighted by atomic mass is 19.1. The summed E-state index contributed by atoms with van der Waals surface area (Å²) in [6, 6.07) is 11.0. The van der Waals surface area contributed by atoms with Crippen LogP contribution in [0.5, 0.6) is 11.5 Å². The first-order valence-corrected chi connectivity index (χ1v) is 8.46. The van der Waals surface area contributed by atoms with Crippen molar-refractivity contribution >= 4 is 17.5 Å². The van der Waals surface area contributed by atoms with Crippen molar-refractivity contribution in [3.63, 3.8) is 0 Å². The molecule has 0 aromatic heterocycles. The first kappa shape index (κ1) is 20.2. The number of amides is 2. The van der Waals surface area contributed by atoms with Crippen molar-refractivity contribution in [3.8, 4) is 11.5 Å². The molecular formula is C20H23FN2O4. The molecule has 0 saturated heterocycles. The summed E-state index contributed by atoms with van der Waals surface area (Å²) in [5, 5.41) is 2.76. The van der Waals surface area contributed by atoms with Gasteiger partial charge in [-0.1, -0.05) is 12.1 Å². The van der Waals surface area contributed by atoms with Crippen LogP contribution < -0.4 is 19.7 Å². The Morgan fingerprint density at radius 2 is 1.78 bits per heavy atom. The van der Waals surface area contributed by atoms with Crippen molar-refractivity contribution in [2.75, 3.05) is 25.7 Å².